The van der Waals surface area contributed by atoms with Gasteiger partial charge in [0.2, 0.25) is 15.9 Å². The lowest BCUT2D eigenvalue weighted by Crippen LogP contribution is -2.40. The molecule has 1 aliphatic rings. The quantitative estimate of drug-likeness (QED) is 0.392. The average molecular weight is 608 g/mol. The lowest BCUT2D eigenvalue weighted by Gasteiger charge is -2.26. The van der Waals surface area contributed by atoms with Gasteiger partial charge in [-0.15, -0.1) is 0 Å². The van der Waals surface area contributed by atoms with E-state index in [0.29, 0.717) is 5.02 Å². The number of ether oxygens (including phenoxy) is 2. The van der Waals surface area contributed by atoms with Gasteiger partial charge in [0.05, 0.1) is 41.5 Å². The van der Waals surface area contributed by atoms with E-state index in [0.717, 1.165) is 15.4 Å². The third-order valence-electron chi connectivity index (χ3n) is 6.39. The molecule has 0 aliphatic carbocycles. The van der Waals surface area contributed by atoms with E-state index in [-0.39, 0.29) is 53.2 Å². The van der Waals surface area contributed by atoms with Gasteiger partial charge in [0, 0.05) is 18.1 Å². The molecule has 0 bridgehead atoms. The number of nitrogens with one attached hydrogen (secondary N) is 1. The number of hydrogen-bond acceptors (Lipinski definition) is 7. The molecule has 1 aliphatic heterocycles. The Labute approximate surface area is 239 Å². The largest absolute Gasteiger partial charge is 0.495 e. The molecular weight excluding hydrogens is 578 g/mol. The summed E-state index contributed by atoms with van der Waals surface area (Å²) >= 11 is 6.30. The first-order chi connectivity index (χ1) is 18.9. The Hall–Kier alpha value is -3.16. The van der Waals surface area contributed by atoms with E-state index >= 15 is 0 Å². The summed E-state index contributed by atoms with van der Waals surface area (Å²) in [6.45, 7) is 3.99. The van der Waals surface area contributed by atoms with E-state index in [2.05, 4.69) is 5.32 Å². The van der Waals surface area contributed by atoms with Crippen LogP contribution in [0.1, 0.15) is 11.1 Å². The molecule has 1 saturated heterocycles. The topological polar surface area (TPSA) is 122 Å². The number of benzene rings is 3. The van der Waals surface area contributed by atoms with Gasteiger partial charge < -0.3 is 14.8 Å². The van der Waals surface area contributed by atoms with E-state index in [1.54, 1.807) is 31.2 Å². The zero-order valence-corrected chi connectivity index (χ0v) is 24.6. The Morgan fingerprint density at radius 3 is 2.25 bits per heavy atom. The van der Waals surface area contributed by atoms with Crippen LogP contribution < -0.4 is 14.4 Å². The molecule has 0 saturated carbocycles. The average Bonchev–Trinajstić information content (AvgIpc) is 2.94. The predicted molar refractivity (Wildman–Crippen MR) is 153 cm³/mol. The van der Waals surface area contributed by atoms with Gasteiger partial charge in [0.25, 0.3) is 10.0 Å². The van der Waals surface area contributed by atoms with Crippen molar-refractivity contribution in [3.05, 3.63) is 76.8 Å². The number of rotatable bonds is 9. The molecule has 1 N–H and O–H groups in total. The molecule has 0 spiro atoms. The Morgan fingerprint density at radius 2 is 1.62 bits per heavy atom. The number of carbonyl (C=O) groups is 1. The Kier molecular flexibility index (Phi) is 9.06. The number of sulfonamides is 2. The minimum Gasteiger partial charge on any atom is -0.495 e. The van der Waals surface area contributed by atoms with Crippen molar-refractivity contribution in [3.8, 4) is 5.75 Å². The highest BCUT2D eigenvalue weighted by Crippen LogP contribution is 2.31. The van der Waals surface area contributed by atoms with E-state index in [4.69, 9.17) is 21.1 Å². The first-order valence-electron chi connectivity index (χ1n) is 12.3. The molecule has 214 valence electrons. The molecule has 4 rings (SSSR count). The van der Waals surface area contributed by atoms with Gasteiger partial charge in [-0.1, -0.05) is 35.4 Å². The van der Waals surface area contributed by atoms with Crippen LogP contribution in [-0.2, 0) is 29.6 Å². The summed E-state index contributed by atoms with van der Waals surface area (Å²) in [5, 5.41) is 2.96. The van der Waals surface area contributed by atoms with Crippen LogP contribution in [0.3, 0.4) is 0 Å². The summed E-state index contributed by atoms with van der Waals surface area (Å²) in [6.07, 6.45) is 0. The smallest absolute Gasteiger partial charge is 0.264 e. The summed E-state index contributed by atoms with van der Waals surface area (Å²) in [5.74, 6) is -0.507. The summed E-state index contributed by atoms with van der Waals surface area (Å²) < 4.78 is 66.6. The maximum absolute atomic E-state index is 13.7. The third kappa shape index (κ3) is 6.42. The molecule has 10 nitrogen and oxygen atoms in total. The monoisotopic (exact) mass is 607 g/mol. The second-order valence-corrected chi connectivity index (χ2v) is 13.4. The number of nitrogens with zero attached hydrogens (tertiary/aromatic N) is 2. The van der Waals surface area contributed by atoms with Crippen LogP contribution in [-0.4, -0.2) is 67.0 Å². The van der Waals surface area contributed by atoms with Crippen molar-refractivity contribution in [1.82, 2.24) is 4.31 Å². The Morgan fingerprint density at radius 1 is 0.975 bits per heavy atom. The minimum absolute atomic E-state index is 0.00113. The van der Waals surface area contributed by atoms with E-state index in [9.17, 15) is 21.6 Å². The normalized spacial score (nSPS) is 14.5. The standard InChI is InChI=1S/C27H30ClN3O7S2/c1-19-4-8-22(9-5-19)40(35,36)31(21-7-6-20(2)24(28)16-21)18-27(32)29-25-17-23(10-11-26(25)37-3)39(33,34)30-12-14-38-15-13-30/h4-11,16-17H,12-15,18H2,1-3H3,(H,29,32). The maximum Gasteiger partial charge on any atom is 0.264 e. The van der Waals surface area contributed by atoms with Crippen molar-refractivity contribution >= 4 is 48.9 Å². The van der Waals surface area contributed by atoms with Gasteiger partial charge in [-0.3, -0.25) is 9.10 Å². The zero-order valence-electron chi connectivity index (χ0n) is 22.3. The van der Waals surface area contributed by atoms with Gasteiger partial charge >= 0.3 is 0 Å². The second-order valence-electron chi connectivity index (χ2n) is 9.18. The zero-order chi connectivity index (χ0) is 29.1. The van der Waals surface area contributed by atoms with Crippen LogP contribution in [0.25, 0.3) is 0 Å². The van der Waals surface area contributed by atoms with Gasteiger partial charge in [0.15, 0.2) is 0 Å². The maximum atomic E-state index is 13.7. The second kappa shape index (κ2) is 12.1. The highest BCUT2D eigenvalue weighted by atomic mass is 35.5. The van der Waals surface area contributed by atoms with Crippen molar-refractivity contribution in [2.75, 3.05) is 49.6 Å². The van der Waals surface area contributed by atoms with Crippen LogP contribution in [0.2, 0.25) is 5.02 Å². The van der Waals surface area contributed by atoms with Crippen molar-refractivity contribution in [3.63, 3.8) is 0 Å². The molecule has 1 fully saturated rings. The first kappa shape index (κ1) is 29.8. The molecule has 40 heavy (non-hydrogen) atoms. The van der Waals surface area contributed by atoms with Crippen LogP contribution in [0.4, 0.5) is 11.4 Å². The molecular formula is C27H30ClN3O7S2. The van der Waals surface area contributed by atoms with Crippen molar-refractivity contribution in [2.24, 2.45) is 0 Å². The van der Waals surface area contributed by atoms with Crippen molar-refractivity contribution in [2.45, 2.75) is 23.6 Å². The fourth-order valence-electron chi connectivity index (χ4n) is 4.09. The number of amides is 1. The summed E-state index contributed by atoms with van der Waals surface area (Å²) in [5.41, 5.74) is 1.89. The summed E-state index contributed by atoms with van der Waals surface area (Å²) in [6, 6.07) is 15.1. The van der Waals surface area contributed by atoms with E-state index in [1.165, 1.54) is 47.8 Å². The highest BCUT2D eigenvalue weighted by Gasteiger charge is 2.30. The number of carbonyl (C=O) groups excluding carboxylic acids is 1. The fourth-order valence-corrected chi connectivity index (χ4v) is 7.11. The number of hydrogen-bond donors (Lipinski definition) is 1. The fraction of sp³-hybridized carbons (Fsp3) is 0.296. The van der Waals surface area contributed by atoms with E-state index in [1.807, 2.05) is 6.92 Å². The number of morpholine rings is 1. The molecule has 3 aromatic carbocycles. The molecule has 0 aromatic heterocycles. The molecule has 13 heteroatoms. The molecule has 3 aromatic rings. The SMILES string of the molecule is COc1ccc(S(=O)(=O)N2CCOCC2)cc1NC(=O)CN(c1ccc(C)c(Cl)c1)S(=O)(=O)c1ccc(C)cc1. The molecule has 0 atom stereocenters. The van der Waals surface area contributed by atoms with Crippen LogP contribution >= 0.6 is 11.6 Å². The highest BCUT2D eigenvalue weighted by molar-refractivity contribution is 7.92. The third-order valence-corrected chi connectivity index (χ3v) is 10.5. The number of anilines is 2. The lowest BCUT2D eigenvalue weighted by molar-refractivity contribution is -0.114. The van der Waals surface area contributed by atoms with Gasteiger partial charge in [-0.2, -0.15) is 4.31 Å². The summed E-state index contributed by atoms with van der Waals surface area (Å²) in [7, 11) is -6.66. The number of methoxy groups -OCH3 is 1. The van der Waals surface area contributed by atoms with Crippen LogP contribution in [0, 0.1) is 13.8 Å². The molecule has 0 radical (unpaired) electrons. The van der Waals surface area contributed by atoms with Crippen molar-refractivity contribution < 1.29 is 31.1 Å². The van der Waals surface area contributed by atoms with Crippen LogP contribution in [0.15, 0.2) is 70.5 Å². The Bertz CT molecular complexity index is 1610. The number of aryl methyl sites for hydroxylation is 2. The molecule has 1 amide bonds. The molecule has 1 heterocycles. The molecule has 0 unspecified atom stereocenters. The van der Waals surface area contributed by atoms with E-state index < -0.39 is 32.5 Å². The predicted octanol–water partition coefficient (Wildman–Crippen LogP) is 3.82. The first-order valence-corrected chi connectivity index (χ1v) is 15.6. The number of halogens is 1. The van der Waals surface area contributed by atoms with Gasteiger partial charge in [0.1, 0.15) is 12.3 Å². The van der Waals surface area contributed by atoms with Gasteiger partial charge in [-0.05, 0) is 61.9 Å². The van der Waals surface area contributed by atoms with Gasteiger partial charge in [-0.25, -0.2) is 16.8 Å². The van der Waals surface area contributed by atoms with Crippen LogP contribution in [0.5, 0.6) is 5.75 Å². The summed E-state index contributed by atoms with van der Waals surface area (Å²) in [4.78, 5) is 13.3. The lowest BCUT2D eigenvalue weighted by atomic mass is 10.2. The minimum atomic E-state index is -4.18. The Balaban J connectivity index is 1.67. The van der Waals surface area contributed by atoms with Crippen molar-refractivity contribution in [1.29, 1.82) is 0 Å².